The standard InChI is InChI=1S/C10H10ClN3O5/c1-2-6(10(16)17)13-9(15)5-3-4-12-8(11)7(5)14(18)19/h3-4,6H,2H2,1H3,(H,13,15)(H,16,17). The predicted octanol–water partition coefficient (Wildman–Crippen LogP) is 1.24. The molecule has 2 N–H and O–H groups in total. The molecule has 0 fully saturated rings. The summed E-state index contributed by atoms with van der Waals surface area (Å²) in [5.74, 6) is -2.11. The van der Waals surface area contributed by atoms with Crippen molar-refractivity contribution in [2.45, 2.75) is 19.4 Å². The molecule has 1 heterocycles. The molecule has 9 heteroatoms. The van der Waals surface area contributed by atoms with E-state index in [9.17, 15) is 19.7 Å². The van der Waals surface area contributed by atoms with Crippen LogP contribution < -0.4 is 5.32 Å². The van der Waals surface area contributed by atoms with Gasteiger partial charge in [-0.2, -0.15) is 0 Å². The Balaban J connectivity index is 3.10. The minimum atomic E-state index is -1.22. The first-order valence-electron chi connectivity index (χ1n) is 5.21. The number of aromatic nitrogens is 1. The molecular formula is C10H10ClN3O5. The van der Waals surface area contributed by atoms with Crippen LogP contribution in [0.15, 0.2) is 12.3 Å². The summed E-state index contributed by atoms with van der Waals surface area (Å²) in [4.78, 5) is 36.1. The minimum Gasteiger partial charge on any atom is -0.480 e. The third kappa shape index (κ3) is 3.38. The maximum absolute atomic E-state index is 11.8. The highest BCUT2D eigenvalue weighted by Gasteiger charge is 2.27. The Morgan fingerprint density at radius 3 is 2.74 bits per heavy atom. The summed E-state index contributed by atoms with van der Waals surface area (Å²) in [5.41, 5.74) is -0.980. The van der Waals surface area contributed by atoms with E-state index in [4.69, 9.17) is 16.7 Å². The first-order valence-corrected chi connectivity index (χ1v) is 5.58. The van der Waals surface area contributed by atoms with Crippen molar-refractivity contribution in [1.82, 2.24) is 10.3 Å². The van der Waals surface area contributed by atoms with Gasteiger partial charge in [-0.1, -0.05) is 18.5 Å². The van der Waals surface area contributed by atoms with Crippen molar-refractivity contribution in [3.8, 4) is 0 Å². The molecule has 1 rings (SSSR count). The van der Waals surface area contributed by atoms with Gasteiger partial charge in [0.15, 0.2) is 0 Å². The van der Waals surface area contributed by atoms with Gasteiger partial charge in [-0.3, -0.25) is 14.9 Å². The Morgan fingerprint density at radius 1 is 1.63 bits per heavy atom. The number of carbonyl (C=O) groups is 2. The van der Waals surface area contributed by atoms with Gasteiger partial charge in [-0.05, 0) is 12.5 Å². The molecule has 0 aliphatic carbocycles. The fraction of sp³-hybridized carbons (Fsp3) is 0.300. The monoisotopic (exact) mass is 287 g/mol. The second-order valence-electron chi connectivity index (χ2n) is 3.53. The number of nitrogens with one attached hydrogen (secondary N) is 1. The molecule has 0 aliphatic heterocycles. The Morgan fingerprint density at radius 2 is 2.26 bits per heavy atom. The minimum absolute atomic E-state index is 0.147. The van der Waals surface area contributed by atoms with Gasteiger partial charge in [0.1, 0.15) is 11.6 Å². The quantitative estimate of drug-likeness (QED) is 0.477. The highest BCUT2D eigenvalue weighted by molar-refractivity contribution is 6.32. The average molecular weight is 288 g/mol. The number of halogens is 1. The number of nitrogens with zero attached hydrogens (tertiary/aromatic N) is 2. The number of carboxylic acids is 1. The first kappa shape index (κ1) is 14.8. The molecule has 1 atom stereocenters. The fourth-order valence-electron chi connectivity index (χ4n) is 1.36. The van der Waals surface area contributed by atoms with E-state index >= 15 is 0 Å². The first-order chi connectivity index (χ1) is 8.88. The third-order valence-corrected chi connectivity index (χ3v) is 2.60. The molecule has 0 saturated heterocycles. The summed E-state index contributed by atoms with van der Waals surface area (Å²) in [6, 6.07) is -0.0208. The lowest BCUT2D eigenvalue weighted by Gasteiger charge is -2.12. The van der Waals surface area contributed by atoms with Crippen LogP contribution >= 0.6 is 11.6 Å². The van der Waals surface area contributed by atoms with Crippen LogP contribution in [-0.4, -0.2) is 32.9 Å². The van der Waals surface area contributed by atoms with Gasteiger partial charge in [-0.15, -0.1) is 0 Å². The van der Waals surface area contributed by atoms with Gasteiger partial charge in [0, 0.05) is 6.20 Å². The molecular weight excluding hydrogens is 278 g/mol. The van der Waals surface area contributed by atoms with Gasteiger partial charge < -0.3 is 10.4 Å². The molecule has 1 aromatic heterocycles. The van der Waals surface area contributed by atoms with Crippen molar-refractivity contribution < 1.29 is 19.6 Å². The SMILES string of the molecule is CCC(NC(=O)c1ccnc(Cl)c1[N+](=O)[O-])C(=O)O. The van der Waals surface area contributed by atoms with E-state index in [1.807, 2.05) is 0 Å². The van der Waals surface area contributed by atoms with Crippen molar-refractivity contribution in [3.63, 3.8) is 0 Å². The number of pyridine rings is 1. The van der Waals surface area contributed by atoms with Crippen molar-refractivity contribution in [3.05, 3.63) is 33.1 Å². The summed E-state index contributed by atoms with van der Waals surface area (Å²) in [7, 11) is 0. The van der Waals surface area contributed by atoms with Gasteiger partial charge in [-0.25, -0.2) is 9.78 Å². The lowest BCUT2D eigenvalue weighted by Crippen LogP contribution is -2.40. The van der Waals surface area contributed by atoms with Crippen LogP contribution in [0.1, 0.15) is 23.7 Å². The van der Waals surface area contributed by atoms with Gasteiger partial charge in [0.2, 0.25) is 5.15 Å². The number of hydrogen-bond donors (Lipinski definition) is 2. The molecule has 1 amide bonds. The molecule has 8 nitrogen and oxygen atoms in total. The maximum Gasteiger partial charge on any atom is 0.326 e. The van der Waals surface area contributed by atoms with Crippen LogP contribution in [0.3, 0.4) is 0 Å². The zero-order valence-electron chi connectivity index (χ0n) is 9.79. The molecule has 0 spiro atoms. The molecule has 0 radical (unpaired) electrons. The van der Waals surface area contributed by atoms with Crippen molar-refractivity contribution in [2.75, 3.05) is 0 Å². The third-order valence-electron chi connectivity index (χ3n) is 2.32. The van der Waals surface area contributed by atoms with Gasteiger partial charge in [0.25, 0.3) is 5.91 Å². The van der Waals surface area contributed by atoms with Gasteiger partial charge >= 0.3 is 11.7 Å². The molecule has 19 heavy (non-hydrogen) atoms. The Bertz CT molecular complexity index is 534. The average Bonchev–Trinajstić information content (AvgIpc) is 2.34. The Hall–Kier alpha value is -2.22. The Kier molecular flexibility index (Phi) is 4.76. The predicted molar refractivity (Wildman–Crippen MR) is 65.1 cm³/mol. The molecule has 102 valence electrons. The van der Waals surface area contributed by atoms with Crippen molar-refractivity contribution >= 4 is 29.2 Å². The number of amides is 1. The van der Waals surface area contributed by atoms with Crippen LogP contribution in [0.4, 0.5) is 5.69 Å². The molecule has 1 unspecified atom stereocenters. The highest BCUT2D eigenvalue weighted by atomic mass is 35.5. The van der Waals surface area contributed by atoms with Gasteiger partial charge in [0.05, 0.1) is 4.92 Å². The fourth-order valence-corrected chi connectivity index (χ4v) is 1.59. The van der Waals surface area contributed by atoms with E-state index in [2.05, 4.69) is 10.3 Å². The van der Waals surface area contributed by atoms with Crippen LogP contribution in [0.5, 0.6) is 0 Å². The number of carboxylic acid groups (broad SMARTS) is 1. The zero-order chi connectivity index (χ0) is 14.6. The van der Waals surface area contributed by atoms with Crippen LogP contribution in [-0.2, 0) is 4.79 Å². The topological polar surface area (TPSA) is 122 Å². The summed E-state index contributed by atoms with van der Waals surface area (Å²) >= 11 is 5.55. The second-order valence-corrected chi connectivity index (χ2v) is 3.89. The molecule has 0 saturated carbocycles. The van der Waals surface area contributed by atoms with Crippen LogP contribution in [0.25, 0.3) is 0 Å². The zero-order valence-corrected chi connectivity index (χ0v) is 10.5. The number of aliphatic carboxylic acids is 1. The van der Waals surface area contributed by atoms with Crippen LogP contribution in [0, 0.1) is 10.1 Å². The lowest BCUT2D eigenvalue weighted by molar-refractivity contribution is -0.385. The molecule has 0 aromatic carbocycles. The highest BCUT2D eigenvalue weighted by Crippen LogP contribution is 2.25. The van der Waals surface area contributed by atoms with E-state index < -0.39 is 33.7 Å². The van der Waals surface area contributed by atoms with Crippen molar-refractivity contribution in [2.24, 2.45) is 0 Å². The number of rotatable bonds is 5. The van der Waals surface area contributed by atoms with E-state index in [-0.39, 0.29) is 12.0 Å². The molecule has 0 bridgehead atoms. The van der Waals surface area contributed by atoms with E-state index in [1.165, 1.54) is 0 Å². The van der Waals surface area contributed by atoms with Crippen molar-refractivity contribution in [1.29, 1.82) is 0 Å². The summed E-state index contributed by atoms with van der Waals surface area (Å²) < 4.78 is 0. The summed E-state index contributed by atoms with van der Waals surface area (Å²) in [6.07, 6.45) is 1.28. The van der Waals surface area contributed by atoms with E-state index in [0.29, 0.717) is 0 Å². The second kappa shape index (κ2) is 6.10. The van der Waals surface area contributed by atoms with E-state index in [1.54, 1.807) is 6.92 Å². The number of hydrogen-bond acceptors (Lipinski definition) is 5. The summed E-state index contributed by atoms with van der Waals surface area (Å²) in [5, 5.41) is 21.4. The smallest absolute Gasteiger partial charge is 0.326 e. The molecule has 0 aliphatic rings. The summed E-state index contributed by atoms with van der Waals surface area (Å²) in [6.45, 7) is 1.56. The number of nitro groups is 1. The number of carbonyl (C=O) groups excluding carboxylic acids is 1. The normalized spacial score (nSPS) is 11.7. The lowest BCUT2D eigenvalue weighted by atomic mass is 10.1. The molecule has 1 aromatic rings. The maximum atomic E-state index is 11.8. The largest absolute Gasteiger partial charge is 0.480 e. The van der Waals surface area contributed by atoms with Crippen LogP contribution in [0.2, 0.25) is 5.15 Å². The van der Waals surface area contributed by atoms with E-state index in [0.717, 1.165) is 12.3 Å². The Labute approximate surface area is 112 Å².